The van der Waals surface area contributed by atoms with Crippen molar-refractivity contribution in [3.8, 4) is 67.5 Å². The molecule has 0 radical (unpaired) electrons. The summed E-state index contributed by atoms with van der Waals surface area (Å²) in [6.07, 6.45) is 0. The third kappa shape index (κ3) is 5.92. The summed E-state index contributed by atoms with van der Waals surface area (Å²) in [5.41, 5.74) is 9.72. The Balaban J connectivity index is 1.29. The summed E-state index contributed by atoms with van der Waals surface area (Å²) in [5.74, 6) is 1.93. The molecule has 6 aromatic carbocycles. The van der Waals surface area contributed by atoms with Gasteiger partial charge in [0.15, 0.2) is 17.5 Å². The molecule has 0 amide bonds. The van der Waals surface area contributed by atoms with Crippen LogP contribution in [0.1, 0.15) is 0 Å². The summed E-state index contributed by atoms with van der Waals surface area (Å²) in [6.45, 7) is 0. The molecule has 1 aromatic heterocycles. The third-order valence-electron chi connectivity index (χ3n) is 7.39. The van der Waals surface area contributed by atoms with E-state index >= 15 is 0 Å². The fourth-order valence-corrected chi connectivity index (χ4v) is 5.58. The zero-order valence-electron chi connectivity index (χ0n) is 23.2. The number of hydrogen-bond donors (Lipinski definition) is 0. The summed E-state index contributed by atoms with van der Waals surface area (Å²) < 4.78 is 1.06. The first-order valence-electron chi connectivity index (χ1n) is 14.1. The molecule has 0 N–H and O–H groups in total. The van der Waals surface area contributed by atoms with Gasteiger partial charge in [-0.05, 0) is 57.6 Å². The molecule has 0 saturated heterocycles. The smallest absolute Gasteiger partial charge is 0.164 e. The Kier molecular flexibility index (Phi) is 7.43. The number of benzene rings is 6. The zero-order chi connectivity index (χ0) is 29.0. The summed E-state index contributed by atoms with van der Waals surface area (Å²) in [7, 11) is 0. The predicted octanol–water partition coefficient (Wildman–Crippen LogP) is 10.6. The van der Waals surface area contributed by atoms with Crippen LogP contribution in [0.3, 0.4) is 0 Å². The normalized spacial score (nSPS) is 10.9. The van der Waals surface area contributed by atoms with E-state index in [0.29, 0.717) is 17.5 Å². The van der Waals surface area contributed by atoms with Crippen molar-refractivity contribution in [1.29, 1.82) is 0 Å². The van der Waals surface area contributed by atoms with E-state index in [9.17, 15) is 0 Å². The maximum Gasteiger partial charge on any atom is 0.164 e. The average Bonchev–Trinajstić information content (AvgIpc) is 3.09. The van der Waals surface area contributed by atoms with Gasteiger partial charge in [0.1, 0.15) is 0 Å². The van der Waals surface area contributed by atoms with Gasteiger partial charge in [0, 0.05) is 21.2 Å². The Hall–Kier alpha value is -5.19. The molecule has 0 spiro atoms. The summed E-state index contributed by atoms with van der Waals surface area (Å²) >= 11 is 3.60. The Morgan fingerprint density at radius 3 is 1.19 bits per heavy atom. The first kappa shape index (κ1) is 26.7. The second-order valence-corrected chi connectivity index (χ2v) is 11.2. The van der Waals surface area contributed by atoms with Gasteiger partial charge in [-0.25, -0.2) is 15.0 Å². The van der Waals surface area contributed by atoms with Crippen LogP contribution in [-0.4, -0.2) is 15.0 Å². The molecule has 0 atom stereocenters. The molecular formula is C39H26BrN3. The van der Waals surface area contributed by atoms with Gasteiger partial charge in [-0.3, -0.25) is 0 Å². The van der Waals surface area contributed by atoms with Gasteiger partial charge < -0.3 is 0 Å². The molecule has 204 valence electrons. The largest absolute Gasteiger partial charge is 0.208 e. The highest BCUT2D eigenvalue weighted by Gasteiger charge is 2.13. The lowest BCUT2D eigenvalue weighted by Gasteiger charge is -2.11. The van der Waals surface area contributed by atoms with Crippen molar-refractivity contribution in [3.05, 3.63) is 162 Å². The van der Waals surface area contributed by atoms with E-state index in [2.05, 4.69) is 131 Å². The van der Waals surface area contributed by atoms with Crippen LogP contribution in [0.25, 0.3) is 67.5 Å². The molecule has 0 aliphatic carbocycles. The minimum Gasteiger partial charge on any atom is -0.208 e. The lowest BCUT2D eigenvalue weighted by Crippen LogP contribution is -2.00. The molecule has 0 aliphatic rings. The van der Waals surface area contributed by atoms with Gasteiger partial charge in [-0.15, -0.1) is 0 Å². The quantitative estimate of drug-likeness (QED) is 0.187. The molecule has 0 bridgehead atoms. The molecule has 0 fully saturated rings. The third-order valence-corrected chi connectivity index (χ3v) is 7.89. The molecule has 0 unspecified atom stereocenters. The lowest BCUT2D eigenvalue weighted by atomic mass is 9.98. The number of aromatic nitrogens is 3. The summed E-state index contributed by atoms with van der Waals surface area (Å²) in [6, 6.07) is 54.3. The van der Waals surface area contributed by atoms with Crippen molar-refractivity contribution in [2.24, 2.45) is 0 Å². The van der Waals surface area contributed by atoms with Crippen LogP contribution in [0.4, 0.5) is 0 Å². The van der Waals surface area contributed by atoms with Crippen molar-refractivity contribution in [2.75, 3.05) is 0 Å². The zero-order valence-corrected chi connectivity index (χ0v) is 24.8. The van der Waals surface area contributed by atoms with Crippen molar-refractivity contribution >= 4 is 15.9 Å². The van der Waals surface area contributed by atoms with E-state index in [4.69, 9.17) is 15.0 Å². The Morgan fingerprint density at radius 1 is 0.279 bits per heavy atom. The minimum absolute atomic E-state index is 0.640. The Morgan fingerprint density at radius 2 is 0.628 bits per heavy atom. The van der Waals surface area contributed by atoms with Gasteiger partial charge in [-0.2, -0.15) is 0 Å². The fraction of sp³-hybridized carbons (Fsp3) is 0. The molecule has 43 heavy (non-hydrogen) atoms. The van der Waals surface area contributed by atoms with E-state index in [1.165, 1.54) is 11.1 Å². The second kappa shape index (κ2) is 12.0. The summed E-state index contributed by atoms with van der Waals surface area (Å²) in [5, 5.41) is 0. The van der Waals surface area contributed by atoms with Gasteiger partial charge >= 0.3 is 0 Å². The van der Waals surface area contributed by atoms with Gasteiger partial charge in [-0.1, -0.05) is 149 Å². The van der Waals surface area contributed by atoms with Crippen LogP contribution in [0.15, 0.2) is 162 Å². The Labute approximate surface area is 259 Å². The average molecular weight is 617 g/mol. The van der Waals surface area contributed by atoms with E-state index < -0.39 is 0 Å². The molecule has 0 aliphatic heterocycles. The molecule has 7 aromatic rings. The van der Waals surface area contributed by atoms with Crippen LogP contribution < -0.4 is 0 Å². The van der Waals surface area contributed by atoms with Crippen LogP contribution in [0, 0.1) is 0 Å². The number of hydrogen-bond acceptors (Lipinski definition) is 3. The molecule has 3 nitrogen and oxygen atoms in total. The predicted molar refractivity (Wildman–Crippen MR) is 180 cm³/mol. The topological polar surface area (TPSA) is 38.7 Å². The summed E-state index contributed by atoms with van der Waals surface area (Å²) in [4.78, 5) is 14.8. The Bertz CT molecular complexity index is 2020. The standard InChI is InChI=1S/C39H26BrN3/c40-36-19-9-17-34(26-36)32-15-7-14-31(24-32)33-16-8-18-35(25-33)39-42-37(29-12-5-2-6-13-29)41-38(43-39)30-22-20-28(21-23-30)27-10-3-1-4-11-27/h1-26H. The van der Waals surface area contributed by atoms with E-state index in [1.54, 1.807) is 0 Å². The maximum absolute atomic E-state index is 4.98. The SMILES string of the molecule is Brc1cccc(-c2cccc(-c3cccc(-c4nc(-c5ccccc5)nc(-c5ccc(-c6ccccc6)cc5)n4)c3)c2)c1. The number of nitrogens with zero attached hydrogens (tertiary/aromatic N) is 3. The molecule has 1 heterocycles. The van der Waals surface area contributed by atoms with Crippen LogP contribution in [0.5, 0.6) is 0 Å². The van der Waals surface area contributed by atoms with Crippen molar-refractivity contribution in [3.63, 3.8) is 0 Å². The monoisotopic (exact) mass is 615 g/mol. The highest BCUT2D eigenvalue weighted by molar-refractivity contribution is 9.10. The molecular weight excluding hydrogens is 590 g/mol. The maximum atomic E-state index is 4.98. The minimum atomic E-state index is 0.640. The van der Waals surface area contributed by atoms with Gasteiger partial charge in [0.25, 0.3) is 0 Å². The van der Waals surface area contributed by atoms with Crippen molar-refractivity contribution < 1.29 is 0 Å². The van der Waals surface area contributed by atoms with E-state index in [1.807, 2.05) is 42.5 Å². The molecule has 7 rings (SSSR count). The van der Waals surface area contributed by atoms with Crippen LogP contribution >= 0.6 is 15.9 Å². The fourth-order valence-electron chi connectivity index (χ4n) is 5.18. The van der Waals surface area contributed by atoms with E-state index in [-0.39, 0.29) is 0 Å². The molecule has 0 saturated carbocycles. The van der Waals surface area contributed by atoms with Crippen molar-refractivity contribution in [2.45, 2.75) is 0 Å². The first-order valence-corrected chi connectivity index (χ1v) is 14.9. The van der Waals surface area contributed by atoms with Crippen molar-refractivity contribution in [1.82, 2.24) is 15.0 Å². The van der Waals surface area contributed by atoms with Crippen LogP contribution in [0.2, 0.25) is 0 Å². The number of rotatable bonds is 6. The van der Waals surface area contributed by atoms with Gasteiger partial charge in [0.2, 0.25) is 0 Å². The molecule has 4 heteroatoms. The highest BCUT2D eigenvalue weighted by Crippen LogP contribution is 2.31. The van der Waals surface area contributed by atoms with Gasteiger partial charge in [0.05, 0.1) is 0 Å². The second-order valence-electron chi connectivity index (χ2n) is 10.3. The van der Waals surface area contributed by atoms with E-state index in [0.717, 1.165) is 43.4 Å². The first-order chi connectivity index (χ1) is 21.2. The van der Waals surface area contributed by atoms with Crippen LogP contribution in [-0.2, 0) is 0 Å². The lowest BCUT2D eigenvalue weighted by molar-refractivity contribution is 1.07. The highest BCUT2D eigenvalue weighted by atomic mass is 79.9. The number of halogens is 1.